The van der Waals surface area contributed by atoms with Crippen molar-refractivity contribution in [2.24, 2.45) is 0 Å². The van der Waals surface area contributed by atoms with Gasteiger partial charge in [0.2, 0.25) is 0 Å². The fourth-order valence-electron chi connectivity index (χ4n) is 3.08. The minimum atomic E-state index is -0.341. The normalized spacial score (nSPS) is 16.8. The van der Waals surface area contributed by atoms with Crippen LogP contribution in [0.25, 0.3) is 0 Å². The third-order valence-electron chi connectivity index (χ3n) is 4.41. The summed E-state index contributed by atoms with van der Waals surface area (Å²) < 4.78 is 0. The number of fused-ring (bicyclic) bond motifs is 1. The Kier molecular flexibility index (Phi) is 4.19. The number of pyridine rings is 1. The molecular formula is C18H21N3O2. The number of aromatic amines is 1. The van der Waals surface area contributed by atoms with Gasteiger partial charge in [-0.15, -0.1) is 0 Å². The summed E-state index contributed by atoms with van der Waals surface area (Å²) in [4.78, 5) is 29.0. The van der Waals surface area contributed by atoms with Crippen molar-refractivity contribution in [2.75, 3.05) is 25.0 Å². The van der Waals surface area contributed by atoms with Gasteiger partial charge in [0, 0.05) is 37.4 Å². The van der Waals surface area contributed by atoms with Gasteiger partial charge >= 0.3 is 0 Å². The molecule has 2 aromatic rings. The molecule has 2 heterocycles. The number of carbonyl (C=O) groups excluding carboxylic acids is 1. The van der Waals surface area contributed by atoms with Gasteiger partial charge in [-0.1, -0.05) is 18.2 Å². The molecule has 0 fully saturated rings. The number of nitrogens with one attached hydrogen (secondary N) is 2. The van der Waals surface area contributed by atoms with E-state index < -0.39 is 0 Å². The quantitative estimate of drug-likeness (QED) is 0.911. The van der Waals surface area contributed by atoms with Crippen LogP contribution in [-0.4, -0.2) is 31.0 Å². The molecule has 0 radical (unpaired) electrons. The number of H-pyrrole nitrogens is 1. The maximum atomic E-state index is 12.3. The Morgan fingerprint density at radius 2 is 2.09 bits per heavy atom. The first-order chi connectivity index (χ1) is 11.1. The van der Waals surface area contributed by atoms with Crippen LogP contribution in [0, 0.1) is 6.92 Å². The average Bonchev–Trinajstić information content (AvgIpc) is 2.54. The topological polar surface area (TPSA) is 65.2 Å². The summed E-state index contributed by atoms with van der Waals surface area (Å²) in [5, 5.41) is 2.91. The number of para-hydroxylation sites is 1. The first-order valence-electron chi connectivity index (χ1n) is 7.84. The Balaban J connectivity index is 1.73. The molecule has 1 aliphatic heterocycles. The van der Waals surface area contributed by atoms with Crippen LogP contribution in [0.2, 0.25) is 0 Å². The summed E-state index contributed by atoms with van der Waals surface area (Å²) in [5.74, 6) is -0.0430. The Morgan fingerprint density at radius 3 is 2.87 bits per heavy atom. The van der Waals surface area contributed by atoms with Crippen LogP contribution >= 0.6 is 0 Å². The minimum Gasteiger partial charge on any atom is -0.374 e. The molecule has 1 aliphatic rings. The van der Waals surface area contributed by atoms with E-state index in [1.807, 2.05) is 12.1 Å². The highest BCUT2D eigenvalue weighted by atomic mass is 16.2. The van der Waals surface area contributed by atoms with E-state index in [1.54, 1.807) is 19.1 Å². The molecule has 1 aromatic heterocycles. The van der Waals surface area contributed by atoms with Crippen LogP contribution < -0.4 is 15.8 Å². The van der Waals surface area contributed by atoms with Gasteiger partial charge in [-0.3, -0.25) is 9.59 Å². The standard InChI is InChI=1S/C18H21N3O2/c1-12-7-8-15(18(23)20-12)17(22)19-11-13-9-10-21(2)16-6-4-3-5-14(13)16/h3-8,13H,9-11H2,1-2H3,(H,19,22)(H,20,23)/t13-/m0/s1. The van der Waals surface area contributed by atoms with Crippen LogP contribution in [-0.2, 0) is 0 Å². The third-order valence-corrected chi connectivity index (χ3v) is 4.41. The first kappa shape index (κ1) is 15.3. The molecule has 0 saturated carbocycles. The molecule has 0 unspecified atom stereocenters. The Hall–Kier alpha value is -2.56. The van der Waals surface area contributed by atoms with Crippen LogP contribution in [0.3, 0.4) is 0 Å². The summed E-state index contributed by atoms with van der Waals surface area (Å²) in [6, 6.07) is 11.6. The maximum absolute atomic E-state index is 12.3. The fraction of sp³-hybridized carbons (Fsp3) is 0.333. The molecule has 1 atom stereocenters. The predicted molar refractivity (Wildman–Crippen MR) is 91.2 cm³/mol. The van der Waals surface area contributed by atoms with E-state index in [0.29, 0.717) is 6.54 Å². The lowest BCUT2D eigenvalue weighted by Gasteiger charge is -2.33. The minimum absolute atomic E-state index is 0.164. The second-order valence-electron chi connectivity index (χ2n) is 6.06. The number of amides is 1. The van der Waals surface area contributed by atoms with Crippen molar-refractivity contribution in [3.8, 4) is 0 Å². The highest BCUT2D eigenvalue weighted by Crippen LogP contribution is 2.33. The SMILES string of the molecule is Cc1ccc(C(=O)NC[C@@H]2CCN(C)c3ccccc32)c(=O)[nH]1. The molecule has 0 aliphatic carbocycles. The molecule has 1 aromatic carbocycles. The summed E-state index contributed by atoms with van der Waals surface area (Å²) in [6.45, 7) is 3.29. The molecule has 2 N–H and O–H groups in total. The van der Waals surface area contributed by atoms with Gasteiger partial charge in [-0.05, 0) is 37.1 Å². The second-order valence-corrected chi connectivity index (χ2v) is 6.06. The zero-order valence-electron chi connectivity index (χ0n) is 13.4. The van der Waals surface area contributed by atoms with Crippen molar-refractivity contribution in [1.29, 1.82) is 0 Å². The van der Waals surface area contributed by atoms with Gasteiger partial charge in [0.25, 0.3) is 11.5 Å². The number of aryl methyl sites for hydroxylation is 1. The third kappa shape index (κ3) is 3.13. The van der Waals surface area contributed by atoms with Crippen LogP contribution in [0.5, 0.6) is 0 Å². The van der Waals surface area contributed by atoms with Crippen molar-refractivity contribution in [3.63, 3.8) is 0 Å². The smallest absolute Gasteiger partial charge is 0.260 e. The van der Waals surface area contributed by atoms with E-state index in [0.717, 1.165) is 18.7 Å². The van der Waals surface area contributed by atoms with Crippen molar-refractivity contribution in [3.05, 3.63) is 63.6 Å². The van der Waals surface area contributed by atoms with Crippen molar-refractivity contribution in [2.45, 2.75) is 19.3 Å². The molecular weight excluding hydrogens is 290 g/mol. The monoisotopic (exact) mass is 311 g/mol. The molecule has 3 rings (SSSR count). The van der Waals surface area contributed by atoms with E-state index in [4.69, 9.17) is 0 Å². The fourth-order valence-corrected chi connectivity index (χ4v) is 3.08. The molecule has 5 nitrogen and oxygen atoms in total. The molecule has 0 spiro atoms. The average molecular weight is 311 g/mol. The molecule has 0 bridgehead atoms. The number of hydrogen-bond donors (Lipinski definition) is 2. The van der Waals surface area contributed by atoms with E-state index in [9.17, 15) is 9.59 Å². The summed E-state index contributed by atoms with van der Waals surface area (Å²) in [6.07, 6.45) is 0.984. The van der Waals surface area contributed by atoms with Gasteiger partial charge in [-0.2, -0.15) is 0 Å². The molecule has 23 heavy (non-hydrogen) atoms. The molecule has 1 amide bonds. The van der Waals surface area contributed by atoms with Crippen LogP contribution in [0.15, 0.2) is 41.2 Å². The zero-order valence-corrected chi connectivity index (χ0v) is 13.4. The summed E-state index contributed by atoms with van der Waals surface area (Å²) in [5.41, 5.74) is 3.03. The van der Waals surface area contributed by atoms with Crippen molar-refractivity contribution < 1.29 is 4.79 Å². The highest BCUT2D eigenvalue weighted by molar-refractivity contribution is 5.93. The maximum Gasteiger partial charge on any atom is 0.260 e. The van der Waals surface area contributed by atoms with Crippen LogP contribution in [0.4, 0.5) is 5.69 Å². The number of benzene rings is 1. The van der Waals surface area contributed by atoms with Gasteiger partial charge in [0.05, 0.1) is 0 Å². The Labute approximate surface area is 135 Å². The van der Waals surface area contributed by atoms with Crippen LogP contribution in [0.1, 0.15) is 34.0 Å². The first-order valence-corrected chi connectivity index (χ1v) is 7.84. The number of carbonyl (C=O) groups is 1. The lowest BCUT2D eigenvalue weighted by Crippen LogP contribution is -2.36. The second kappa shape index (κ2) is 6.28. The largest absolute Gasteiger partial charge is 0.374 e. The number of hydrogen-bond acceptors (Lipinski definition) is 3. The predicted octanol–water partition coefficient (Wildman–Crippen LogP) is 2.04. The highest BCUT2D eigenvalue weighted by Gasteiger charge is 2.23. The van der Waals surface area contributed by atoms with E-state index in [2.05, 4.69) is 34.4 Å². The molecule has 120 valence electrons. The number of rotatable bonds is 3. The van der Waals surface area contributed by atoms with Gasteiger partial charge in [0.15, 0.2) is 0 Å². The summed E-state index contributed by atoms with van der Waals surface area (Å²) >= 11 is 0. The Bertz CT molecular complexity index is 782. The Morgan fingerprint density at radius 1 is 1.30 bits per heavy atom. The number of nitrogens with zero attached hydrogens (tertiary/aromatic N) is 1. The lowest BCUT2D eigenvalue weighted by molar-refractivity contribution is 0.0949. The van der Waals surface area contributed by atoms with E-state index >= 15 is 0 Å². The number of aromatic nitrogens is 1. The van der Waals surface area contributed by atoms with Gasteiger partial charge < -0.3 is 15.2 Å². The zero-order chi connectivity index (χ0) is 16.4. The van der Waals surface area contributed by atoms with E-state index in [-0.39, 0.29) is 22.9 Å². The van der Waals surface area contributed by atoms with E-state index in [1.165, 1.54) is 11.3 Å². The summed E-state index contributed by atoms with van der Waals surface area (Å²) in [7, 11) is 2.08. The molecule has 0 saturated heterocycles. The van der Waals surface area contributed by atoms with Gasteiger partial charge in [0.1, 0.15) is 5.56 Å². The molecule has 5 heteroatoms. The van der Waals surface area contributed by atoms with Gasteiger partial charge in [-0.25, -0.2) is 0 Å². The number of anilines is 1. The van der Waals surface area contributed by atoms with Crippen molar-refractivity contribution in [1.82, 2.24) is 10.3 Å². The van der Waals surface area contributed by atoms with Crippen molar-refractivity contribution >= 4 is 11.6 Å². The lowest BCUT2D eigenvalue weighted by atomic mass is 9.90.